The van der Waals surface area contributed by atoms with Gasteiger partial charge in [-0.2, -0.15) is 0 Å². The molecule has 4 heteroatoms. The van der Waals surface area contributed by atoms with E-state index in [1.54, 1.807) is 0 Å². The molecule has 0 fully saturated rings. The molecule has 1 heterocycles. The van der Waals surface area contributed by atoms with Gasteiger partial charge in [0.05, 0.1) is 0 Å². The van der Waals surface area contributed by atoms with E-state index in [2.05, 4.69) is 42.5 Å². The van der Waals surface area contributed by atoms with E-state index in [4.69, 9.17) is 20.5 Å². The van der Waals surface area contributed by atoms with Crippen molar-refractivity contribution in [3.8, 4) is 0 Å². The molecule has 0 saturated carbocycles. The van der Waals surface area contributed by atoms with E-state index in [-0.39, 0.29) is 23.8 Å². The number of fused-ring (bicyclic) bond motifs is 2. The van der Waals surface area contributed by atoms with Crippen molar-refractivity contribution in [3.05, 3.63) is 130 Å². The van der Waals surface area contributed by atoms with Crippen molar-refractivity contribution < 1.29 is 4.74 Å². The van der Waals surface area contributed by atoms with E-state index in [1.807, 2.05) is 48.7 Å². The van der Waals surface area contributed by atoms with Crippen molar-refractivity contribution in [2.24, 2.45) is 10.9 Å². The van der Waals surface area contributed by atoms with Crippen LogP contribution in [-0.2, 0) is 4.74 Å². The van der Waals surface area contributed by atoms with Gasteiger partial charge in [0.25, 0.3) is 0 Å². The van der Waals surface area contributed by atoms with Crippen LogP contribution in [0.15, 0.2) is 129 Å². The number of hydrogen-bond acceptors (Lipinski definition) is 4. The molecule has 5 aliphatic rings. The Kier molecular flexibility index (Phi) is 3.87. The second kappa shape index (κ2) is 6.74. The Balaban J connectivity index is 1.39. The predicted octanol–water partition coefficient (Wildman–Crippen LogP) is 5.17. The van der Waals surface area contributed by atoms with Gasteiger partial charge in [-0.05, 0) is 63.8 Å². The Morgan fingerprint density at radius 3 is 2.61 bits per heavy atom. The highest BCUT2D eigenvalue weighted by Gasteiger charge is 2.39. The SMILES string of the molecule is N=C(OC(=N)c1ccccc1)C1=C2C=CC3=C4C(=CC=C(C=C1)C24)C1N=CC=CC1=C3. The zero-order valence-corrected chi connectivity index (χ0v) is 16.7. The molecule has 0 saturated heterocycles. The van der Waals surface area contributed by atoms with Crippen LogP contribution in [0, 0.1) is 16.7 Å². The molecule has 1 aliphatic heterocycles. The van der Waals surface area contributed by atoms with Crippen molar-refractivity contribution >= 4 is 18.0 Å². The monoisotopic (exact) mass is 401 g/mol. The van der Waals surface area contributed by atoms with Crippen LogP contribution in [0.1, 0.15) is 5.56 Å². The molecular formula is C27H19N3O. The summed E-state index contributed by atoms with van der Waals surface area (Å²) in [6, 6.07) is 9.27. The number of ether oxygens (including phenoxy) is 1. The number of allylic oxidation sites excluding steroid dienone is 10. The van der Waals surface area contributed by atoms with Crippen molar-refractivity contribution in [1.82, 2.24) is 0 Å². The number of nitrogens with zero attached hydrogens (tertiary/aromatic N) is 1. The van der Waals surface area contributed by atoms with E-state index in [0.29, 0.717) is 11.1 Å². The van der Waals surface area contributed by atoms with Crippen LogP contribution in [-0.4, -0.2) is 24.1 Å². The van der Waals surface area contributed by atoms with Crippen LogP contribution in [0.25, 0.3) is 0 Å². The van der Waals surface area contributed by atoms with Gasteiger partial charge in [-0.1, -0.05) is 54.7 Å². The Labute approximate surface area is 180 Å². The predicted molar refractivity (Wildman–Crippen MR) is 124 cm³/mol. The third kappa shape index (κ3) is 2.72. The van der Waals surface area contributed by atoms with Crippen LogP contribution in [0.5, 0.6) is 0 Å². The van der Waals surface area contributed by atoms with E-state index in [1.165, 1.54) is 27.9 Å². The maximum Gasteiger partial charge on any atom is 0.221 e. The fraction of sp³-hybridized carbons (Fsp3) is 0.0741. The molecule has 148 valence electrons. The molecule has 0 aromatic heterocycles. The number of aliphatic imine (C=N–C) groups is 1. The third-order valence-corrected chi connectivity index (χ3v) is 6.23. The largest absolute Gasteiger partial charge is 0.421 e. The average Bonchev–Trinajstić information content (AvgIpc) is 2.82. The molecule has 0 bridgehead atoms. The highest BCUT2D eigenvalue weighted by molar-refractivity contribution is 6.07. The molecule has 2 atom stereocenters. The smallest absolute Gasteiger partial charge is 0.221 e. The molecule has 1 aromatic carbocycles. The summed E-state index contributed by atoms with van der Waals surface area (Å²) in [4.78, 5) is 4.72. The number of dihydropyridines is 1. The summed E-state index contributed by atoms with van der Waals surface area (Å²) in [5.74, 6) is 0.0364. The Morgan fingerprint density at radius 2 is 1.74 bits per heavy atom. The van der Waals surface area contributed by atoms with Crippen LogP contribution in [0.4, 0.5) is 0 Å². The third-order valence-electron chi connectivity index (χ3n) is 6.23. The molecule has 6 rings (SSSR count). The van der Waals surface area contributed by atoms with Gasteiger partial charge < -0.3 is 4.74 Å². The minimum atomic E-state index is -0.0223. The fourth-order valence-electron chi connectivity index (χ4n) is 4.82. The number of rotatable bonds is 2. The highest BCUT2D eigenvalue weighted by atomic mass is 16.5. The Morgan fingerprint density at radius 1 is 0.871 bits per heavy atom. The van der Waals surface area contributed by atoms with Crippen LogP contribution in [0.3, 0.4) is 0 Å². The van der Waals surface area contributed by atoms with Gasteiger partial charge in [0, 0.05) is 23.3 Å². The zero-order chi connectivity index (χ0) is 20.9. The van der Waals surface area contributed by atoms with E-state index >= 15 is 0 Å². The summed E-state index contributed by atoms with van der Waals surface area (Å²) in [7, 11) is 0. The van der Waals surface area contributed by atoms with Crippen LogP contribution < -0.4 is 0 Å². The lowest BCUT2D eigenvalue weighted by Gasteiger charge is -2.39. The molecule has 1 aromatic rings. The zero-order valence-electron chi connectivity index (χ0n) is 16.7. The van der Waals surface area contributed by atoms with E-state index < -0.39 is 0 Å². The van der Waals surface area contributed by atoms with Crippen molar-refractivity contribution in [2.75, 3.05) is 0 Å². The van der Waals surface area contributed by atoms with Gasteiger partial charge in [0.1, 0.15) is 6.04 Å². The van der Waals surface area contributed by atoms with Gasteiger partial charge in [0.15, 0.2) is 0 Å². The minimum Gasteiger partial charge on any atom is -0.421 e. The minimum absolute atomic E-state index is 0.00498. The maximum absolute atomic E-state index is 8.60. The maximum atomic E-state index is 8.60. The van der Waals surface area contributed by atoms with Crippen LogP contribution >= 0.6 is 0 Å². The van der Waals surface area contributed by atoms with Crippen LogP contribution in [0.2, 0.25) is 0 Å². The second-order valence-corrected chi connectivity index (χ2v) is 7.96. The normalized spacial score (nSPS) is 24.2. The first-order valence-corrected chi connectivity index (χ1v) is 10.3. The van der Waals surface area contributed by atoms with Gasteiger partial charge in [0.2, 0.25) is 11.8 Å². The van der Waals surface area contributed by atoms with Crippen molar-refractivity contribution in [2.45, 2.75) is 6.04 Å². The van der Waals surface area contributed by atoms with E-state index in [9.17, 15) is 0 Å². The summed E-state index contributed by atoms with van der Waals surface area (Å²) in [5.41, 5.74) is 8.52. The molecule has 4 nitrogen and oxygen atoms in total. The second-order valence-electron chi connectivity index (χ2n) is 7.96. The molecule has 2 N–H and O–H groups in total. The molecule has 4 aliphatic carbocycles. The number of hydrogen-bond donors (Lipinski definition) is 2. The molecule has 0 spiro atoms. The summed E-state index contributed by atoms with van der Waals surface area (Å²) in [5, 5.41) is 16.9. The summed E-state index contributed by atoms with van der Waals surface area (Å²) >= 11 is 0. The molecule has 2 unspecified atom stereocenters. The molecular weight excluding hydrogens is 382 g/mol. The summed E-state index contributed by atoms with van der Waals surface area (Å²) in [6.07, 6.45) is 20.8. The van der Waals surface area contributed by atoms with Crippen molar-refractivity contribution in [1.29, 1.82) is 10.8 Å². The number of benzene rings is 1. The Bertz CT molecular complexity index is 1320. The first-order chi connectivity index (χ1) is 15.2. The summed E-state index contributed by atoms with van der Waals surface area (Å²) < 4.78 is 5.66. The van der Waals surface area contributed by atoms with Gasteiger partial charge in [-0.15, -0.1) is 0 Å². The van der Waals surface area contributed by atoms with Crippen molar-refractivity contribution in [3.63, 3.8) is 0 Å². The highest BCUT2D eigenvalue weighted by Crippen LogP contribution is 2.50. The lowest BCUT2D eigenvalue weighted by molar-refractivity contribution is 0.536. The molecule has 0 amide bonds. The van der Waals surface area contributed by atoms with Gasteiger partial charge in [-0.25, -0.2) is 0 Å². The lowest BCUT2D eigenvalue weighted by Crippen LogP contribution is -2.30. The first kappa shape index (κ1) is 17.8. The Hall–Kier alpha value is -4.05. The average molecular weight is 401 g/mol. The fourth-order valence-corrected chi connectivity index (χ4v) is 4.82. The van der Waals surface area contributed by atoms with Gasteiger partial charge in [-0.3, -0.25) is 15.8 Å². The topological polar surface area (TPSA) is 69.3 Å². The molecule has 0 radical (unpaired) electrons. The lowest BCUT2D eigenvalue weighted by atomic mass is 9.65. The summed E-state index contributed by atoms with van der Waals surface area (Å²) in [6.45, 7) is 0. The van der Waals surface area contributed by atoms with E-state index in [0.717, 1.165) is 5.57 Å². The standard InChI is InChI=1S/C27H19N3O/c28-26(17-5-2-1-3-6-17)31-27(29)21-12-8-16-9-13-22-24-18(10-11-20(21)23(16)24)15-19-7-4-14-30-25(19)22/h1-15,23,25,28-29H. The van der Waals surface area contributed by atoms with Gasteiger partial charge >= 0.3 is 0 Å². The molecule has 31 heavy (non-hydrogen) atoms. The first-order valence-electron chi connectivity index (χ1n) is 10.3. The quantitative estimate of drug-likeness (QED) is 0.521. The number of nitrogens with one attached hydrogen (secondary N) is 2.